The fourth-order valence-corrected chi connectivity index (χ4v) is 1.18. The predicted octanol–water partition coefficient (Wildman–Crippen LogP) is 2.92. The lowest BCUT2D eigenvalue weighted by Gasteiger charge is -2.22. The second-order valence-electron chi connectivity index (χ2n) is 2.96. The van der Waals surface area contributed by atoms with Crippen molar-refractivity contribution in [1.29, 1.82) is 0 Å². The molecular weight excluding hydrogens is 242 g/mol. The number of alkyl halides is 2. The molecule has 0 saturated carbocycles. The van der Waals surface area contributed by atoms with Crippen LogP contribution in [0.1, 0.15) is 12.5 Å². The summed E-state index contributed by atoms with van der Waals surface area (Å²) >= 11 is 3.18. The van der Waals surface area contributed by atoms with E-state index in [1.54, 1.807) is 12.1 Å². The zero-order valence-electron chi connectivity index (χ0n) is 6.97. The van der Waals surface area contributed by atoms with E-state index in [2.05, 4.69) is 15.9 Å². The van der Waals surface area contributed by atoms with Crippen molar-refractivity contribution < 1.29 is 13.9 Å². The Bertz CT molecular complexity index is 282. The second kappa shape index (κ2) is 3.72. The first kappa shape index (κ1) is 10.6. The minimum atomic E-state index is -2.78. The number of benzene rings is 1. The molecule has 0 amide bonds. The molecule has 1 nitrogen and oxygen atoms in total. The van der Waals surface area contributed by atoms with Gasteiger partial charge < -0.3 is 5.11 Å². The van der Waals surface area contributed by atoms with Crippen LogP contribution in [0.4, 0.5) is 8.78 Å². The van der Waals surface area contributed by atoms with Gasteiger partial charge in [-0.25, -0.2) is 8.78 Å². The lowest BCUT2D eigenvalue weighted by molar-refractivity contribution is -0.0883. The molecule has 1 rings (SSSR count). The molecule has 0 fully saturated rings. The average Bonchev–Trinajstić information content (AvgIpc) is 2.04. The van der Waals surface area contributed by atoms with Crippen molar-refractivity contribution in [3.05, 3.63) is 34.3 Å². The molecule has 0 radical (unpaired) electrons. The Morgan fingerprint density at radius 2 is 1.77 bits per heavy atom. The summed E-state index contributed by atoms with van der Waals surface area (Å²) in [7, 11) is 0. The highest BCUT2D eigenvalue weighted by Gasteiger charge is 2.33. The molecule has 0 saturated heterocycles. The van der Waals surface area contributed by atoms with Gasteiger partial charge in [0.15, 0.2) is 0 Å². The van der Waals surface area contributed by atoms with Gasteiger partial charge in [0.25, 0.3) is 6.43 Å². The highest BCUT2D eigenvalue weighted by atomic mass is 79.9. The van der Waals surface area contributed by atoms with Gasteiger partial charge in [0.1, 0.15) is 5.60 Å². The van der Waals surface area contributed by atoms with Crippen molar-refractivity contribution >= 4 is 15.9 Å². The van der Waals surface area contributed by atoms with Gasteiger partial charge in [0.2, 0.25) is 0 Å². The first-order chi connectivity index (χ1) is 5.94. The third-order valence-electron chi connectivity index (χ3n) is 1.85. The van der Waals surface area contributed by atoms with E-state index in [0.717, 1.165) is 11.4 Å². The van der Waals surface area contributed by atoms with E-state index in [9.17, 15) is 13.9 Å². The molecular formula is C9H9BrF2O. The smallest absolute Gasteiger partial charge is 0.270 e. The maximum Gasteiger partial charge on any atom is 0.270 e. The van der Waals surface area contributed by atoms with Crippen LogP contribution in [0.3, 0.4) is 0 Å². The Labute approximate surface area is 83.5 Å². The van der Waals surface area contributed by atoms with Crippen LogP contribution < -0.4 is 0 Å². The highest BCUT2D eigenvalue weighted by molar-refractivity contribution is 9.10. The van der Waals surface area contributed by atoms with Crippen LogP contribution in [0.5, 0.6) is 0 Å². The van der Waals surface area contributed by atoms with Crippen molar-refractivity contribution in [2.45, 2.75) is 19.0 Å². The largest absolute Gasteiger partial charge is 0.379 e. The fraction of sp³-hybridized carbons (Fsp3) is 0.333. The molecule has 1 unspecified atom stereocenters. The van der Waals surface area contributed by atoms with Gasteiger partial charge in [-0.3, -0.25) is 0 Å². The van der Waals surface area contributed by atoms with Gasteiger partial charge in [-0.2, -0.15) is 0 Å². The third-order valence-corrected chi connectivity index (χ3v) is 2.38. The Morgan fingerprint density at radius 3 is 2.15 bits per heavy atom. The summed E-state index contributed by atoms with van der Waals surface area (Å²) in [6.07, 6.45) is -2.78. The molecule has 1 aromatic rings. The normalized spacial score (nSPS) is 15.8. The molecule has 0 spiro atoms. The number of hydrogen-bond donors (Lipinski definition) is 1. The Morgan fingerprint density at radius 1 is 1.31 bits per heavy atom. The minimum Gasteiger partial charge on any atom is -0.379 e. The monoisotopic (exact) mass is 250 g/mol. The van der Waals surface area contributed by atoms with E-state index in [1.165, 1.54) is 12.1 Å². The predicted molar refractivity (Wildman–Crippen MR) is 49.7 cm³/mol. The molecule has 4 heteroatoms. The van der Waals surface area contributed by atoms with Crippen molar-refractivity contribution in [3.63, 3.8) is 0 Å². The summed E-state index contributed by atoms with van der Waals surface area (Å²) in [5.41, 5.74) is -1.86. The van der Waals surface area contributed by atoms with Crippen molar-refractivity contribution in [3.8, 4) is 0 Å². The molecule has 72 valence electrons. The maximum atomic E-state index is 12.3. The van der Waals surface area contributed by atoms with Crippen LogP contribution in [0.25, 0.3) is 0 Å². The molecule has 0 aliphatic rings. The molecule has 1 aromatic carbocycles. The van der Waals surface area contributed by atoms with Crippen LogP contribution in [0.2, 0.25) is 0 Å². The highest BCUT2D eigenvalue weighted by Crippen LogP contribution is 2.28. The maximum absolute atomic E-state index is 12.3. The minimum absolute atomic E-state index is 0.214. The summed E-state index contributed by atoms with van der Waals surface area (Å²) in [6.45, 7) is 1.10. The van der Waals surface area contributed by atoms with Gasteiger partial charge in [0.05, 0.1) is 0 Å². The third kappa shape index (κ3) is 2.25. The Hall–Kier alpha value is -0.480. The SMILES string of the molecule is CC(O)(c1ccc(Br)cc1)C(F)F. The standard InChI is InChI=1S/C9H9BrF2O/c1-9(13,8(11)12)6-2-4-7(10)5-3-6/h2-5,8,13H,1H3. The van der Waals surface area contributed by atoms with Gasteiger partial charge in [0, 0.05) is 4.47 Å². The molecule has 1 N–H and O–H groups in total. The summed E-state index contributed by atoms with van der Waals surface area (Å²) in [4.78, 5) is 0. The molecule has 1 atom stereocenters. The van der Waals surface area contributed by atoms with Gasteiger partial charge in [-0.1, -0.05) is 28.1 Å². The van der Waals surface area contributed by atoms with Gasteiger partial charge in [-0.05, 0) is 24.6 Å². The second-order valence-corrected chi connectivity index (χ2v) is 3.87. The van der Waals surface area contributed by atoms with Crippen LogP contribution in [0, 0.1) is 0 Å². The van der Waals surface area contributed by atoms with Crippen LogP contribution in [0.15, 0.2) is 28.7 Å². The summed E-state index contributed by atoms with van der Waals surface area (Å²) < 4.78 is 25.5. The lowest BCUT2D eigenvalue weighted by Crippen LogP contribution is -2.30. The van der Waals surface area contributed by atoms with E-state index >= 15 is 0 Å². The fourth-order valence-electron chi connectivity index (χ4n) is 0.913. The van der Waals surface area contributed by atoms with E-state index < -0.39 is 12.0 Å². The van der Waals surface area contributed by atoms with E-state index in [1.807, 2.05) is 0 Å². The Balaban J connectivity index is 3.01. The first-order valence-electron chi connectivity index (χ1n) is 3.71. The molecule has 0 aliphatic heterocycles. The molecule has 0 heterocycles. The lowest BCUT2D eigenvalue weighted by atomic mass is 9.97. The zero-order valence-corrected chi connectivity index (χ0v) is 8.55. The quantitative estimate of drug-likeness (QED) is 0.856. The number of rotatable bonds is 2. The van der Waals surface area contributed by atoms with Crippen molar-refractivity contribution in [2.75, 3.05) is 0 Å². The zero-order chi connectivity index (χ0) is 10.1. The summed E-state index contributed by atoms with van der Waals surface area (Å²) in [5.74, 6) is 0. The van der Waals surface area contributed by atoms with Crippen molar-refractivity contribution in [2.24, 2.45) is 0 Å². The number of aliphatic hydroxyl groups is 1. The van der Waals surface area contributed by atoms with Crippen LogP contribution in [-0.4, -0.2) is 11.5 Å². The van der Waals surface area contributed by atoms with E-state index in [0.29, 0.717) is 0 Å². The molecule has 0 aromatic heterocycles. The number of halogens is 3. The van der Waals surface area contributed by atoms with Crippen molar-refractivity contribution in [1.82, 2.24) is 0 Å². The summed E-state index contributed by atoms with van der Waals surface area (Å²) in [6, 6.07) is 6.17. The number of hydrogen-bond acceptors (Lipinski definition) is 1. The van der Waals surface area contributed by atoms with E-state index in [4.69, 9.17) is 0 Å². The van der Waals surface area contributed by atoms with Crippen LogP contribution in [-0.2, 0) is 5.60 Å². The van der Waals surface area contributed by atoms with Crippen LogP contribution >= 0.6 is 15.9 Å². The van der Waals surface area contributed by atoms with Gasteiger partial charge >= 0.3 is 0 Å². The van der Waals surface area contributed by atoms with E-state index in [-0.39, 0.29) is 5.56 Å². The summed E-state index contributed by atoms with van der Waals surface area (Å²) in [5, 5.41) is 9.39. The molecule has 0 bridgehead atoms. The average molecular weight is 251 g/mol. The molecule has 13 heavy (non-hydrogen) atoms. The molecule has 0 aliphatic carbocycles. The van der Waals surface area contributed by atoms with Gasteiger partial charge in [-0.15, -0.1) is 0 Å². The topological polar surface area (TPSA) is 20.2 Å². The first-order valence-corrected chi connectivity index (χ1v) is 4.50. The Kier molecular flexibility index (Phi) is 3.03.